The van der Waals surface area contributed by atoms with E-state index in [9.17, 15) is 4.79 Å². The summed E-state index contributed by atoms with van der Waals surface area (Å²) in [5.74, 6) is -0.115. The van der Waals surface area contributed by atoms with Crippen LogP contribution >= 0.6 is 0 Å². The zero-order valence-electron chi connectivity index (χ0n) is 12.7. The van der Waals surface area contributed by atoms with Crippen molar-refractivity contribution in [3.8, 4) is 0 Å². The molecule has 0 aliphatic heterocycles. The van der Waals surface area contributed by atoms with Crippen LogP contribution in [0.25, 0.3) is 0 Å². The summed E-state index contributed by atoms with van der Waals surface area (Å²) in [5.41, 5.74) is 0.314. The van der Waals surface area contributed by atoms with Gasteiger partial charge in [-0.3, -0.25) is 9.48 Å². The molecule has 1 amide bonds. The van der Waals surface area contributed by atoms with Crippen molar-refractivity contribution in [3.63, 3.8) is 0 Å². The molecular weight excluding hydrogens is 254 g/mol. The van der Waals surface area contributed by atoms with Gasteiger partial charge in [0.2, 0.25) is 0 Å². The van der Waals surface area contributed by atoms with Crippen molar-refractivity contribution < 1.29 is 9.53 Å². The number of hydrogen-bond donors (Lipinski definition) is 1. The summed E-state index contributed by atoms with van der Waals surface area (Å²) in [6.45, 7) is 7.35. The van der Waals surface area contributed by atoms with Crippen LogP contribution in [0.2, 0.25) is 0 Å². The summed E-state index contributed by atoms with van der Waals surface area (Å²) in [4.78, 5) is 12.1. The van der Waals surface area contributed by atoms with Gasteiger partial charge in [0, 0.05) is 25.4 Å². The Kier molecular flexibility index (Phi) is 4.81. The average molecular weight is 279 g/mol. The molecule has 1 saturated carbocycles. The molecular formula is C15H25N3O2. The maximum atomic E-state index is 12.1. The van der Waals surface area contributed by atoms with Crippen molar-refractivity contribution >= 4 is 5.91 Å². The number of nitrogens with zero attached hydrogens (tertiary/aromatic N) is 2. The molecule has 0 saturated heterocycles. The molecule has 0 spiro atoms. The van der Waals surface area contributed by atoms with Gasteiger partial charge < -0.3 is 10.1 Å². The predicted molar refractivity (Wildman–Crippen MR) is 77.8 cm³/mol. The van der Waals surface area contributed by atoms with Crippen LogP contribution in [-0.4, -0.2) is 34.4 Å². The molecule has 5 nitrogen and oxygen atoms in total. The third kappa shape index (κ3) is 3.39. The fraction of sp³-hybridized carbons (Fsp3) is 0.733. The number of carbonyl (C=O) groups excluding carboxylic acids is 1. The first-order valence-corrected chi connectivity index (χ1v) is 7.53. The Hall–Kier alpha value is -1.36. The molecule has 0 aromatic carbocycles. The van der Waals surface area contributed by atoms with E-state index in [0.717, 1.165) is 12.8 Å². The standard InChI is InChI=1S/C15H25N3O2/c1-4-20-15(8-5-6-9-15)11-16-14(19)13-7-10-18(17-13)12(2)3/h7,10,12H,4-6,8-9,11H2,1-3H3,(H,16,19). The summed E-state index contributed by atoms with van der Waals surface area (Å²) in [6, 6.07) is 2.03. The maximum Gasteiger partial charge on any atom is 0.271 e. The Balaban J connectivity index is 1.93. The molecule has 1 aliphatic carbocycles. The van der Waals surface area contributed by atoms with Crippen LogP contribution in [-0.2, 0) is 4.74 Å². The molecule has 0 bridgehead atoms. The molecule has 1 aliphatic rings. The lowest BCUT2D eigenvalue weighted by Gasteiger charge is -2.29. The van der Waals surface area contributed by atoms with E-state index >= 15 is 0 Å². The van der Waals surface area contributed by atoms with Crippen molar-refractivity contribution in [2.24, 2.45) is 0 Å². The van der Waals surface area contributed by atoms with Crippen LogP contribution in [0.5, 0.6) is 0 Å². The first-order valence-electron chi connectivity index (χ1n) is 7.53. The van der Waals surface area contributed by atoms with Crippen molar-refractivity contribution in [2.45, 2.75) is 58.1 Å². The molecule has 5 heteroatoms. The lowest BCUT2D eigenvalue weighted by Crippen LogP contribution is -2.43. The van der Waals surface area contributed by atoms with E-state index < -0.39 is 0 Å². The van der Waals surface area contributed by atoms with Gasteiger partial charge >= 0.3 is 0 Å². The number of carbonyl (C=O) groups is 1. The van der Waals surface area contributed by atoms with E-state index in [1.165, 1.54) is 12.8 Å². The monoisotopic (exact) mass is 279 g/mol. The van der Waals surface area contributed by atoms with E-state index in [1.54, 1.807) is 10.7 Å². The van der Waals surface area contributed by atoms with Gasteiger partial charge in [0.15, 0.2) is 0 Å². The van der Waals surface area contributed by atoms with Crippen LogP contribution in [0.3, 0.4) is 0 Å². The Labute approximate surface area is 120 Å². The number of aromatic nitrogens is 2. The van der Waals surface area contributed by atoms with Gasteiger partial charge in [-0.15, -0.1) is 0 Å². The van der Waals surface area contributed by atoms with Crippen LogP contribution in [0.1, 0.15) is 63.0 Å². The minimum absolute atomic E-state index is 0.115. The number of ether oxygens (including phenoxy) is 1. The van der Waals surface area contributed by atoms with Crippen LogP contribution in [0.4, 0.5) is 0 Å². The highest BCUT2D eigenvalue weighted by molar-refractivity contribution is 5.92. The maximum absolute atomic E-state index is 12.1. The second-order valence-electron chi connectivity index (χ2n) is 5.78. The highest BCUT2D eigenvalue weighted by Crippen LogP contribution is 2.32. The zero-order chi connectivity index (χ0) is 14.6. The summed E-state index contributed by atoms with van der Waals surface area (Å²) in [5, 5.41) is 7.27. The minimum Gasteiger partial charge on any atom is -0.373 e. The van der Waals surface area contributed by atoms with Crippen molar-refractivity contribution in [2.75, 3.05) is 13.2 Å². The van der Waals surface area contributed by atoms with E-state index in [-0.39, 0.29) is 17.6 Å². The highest BCUT2D eigenvalue weighted by atomic mass is 16.5. The SMILES string of the molecule is CCOC1(CNC(=O)c2ccn(C(C)C)n2)CCCC1. The fourth-order valence-corrected chi connectivity index (χ4v) is 2.78. The lowest BCUT2D eigenvalue weighted by molar-refractivity contribution is -0.0316. The molecule has 2 rings (SSSR count). The molecule has 1 aromatic rings. The summed E-state index contributed by atoms with van der Waals surface area (Å²) in [7, 11) is 0. The second-order valence-corrected chi connectivity index (χ2v) is 5.78. The van der Waals surface area contributed by atoms with E-state index in [4.69, 9.17) is 4.74 Å². The Bertz CT molecular complexity index is 448. The number of rotatable bonds is 6. The van der Waals surface area contributed by atoms with Gasteiger partial charge in [0.05, 0.1) is 5.60 Å². The largest absolute Gasteiger partial charge is 0.373 e. The molecule has 0 atom stereocenters. The fourth-order valence-electron chi connectivity index (χ4n) is 2.78. The zero-order valence-corrected chi connectivity index (χ0v) is 12.7. The van der Waals surface area contributed by atoms with Gasteiger partial charge in [-0.25, -0.2) is 0 Å². The van der Waals surface area contributed by atoms with Gasteiger partial charge in [-0.05, 0) is 39.7 Å². The second kappa shape index (κ2) is 6.39. The number of hydrogen-bond acceptors (Lipinski definition) is 3. The van der Waals surface area contributed by atoms with Crippen molar-refractivity contribution in [1.82, 2.24) is 15.1 Å². The number of amides is 1. The van der Waals surface area contributed by atoms with Crippen LogP contribution in [0, 0.1) is 0 Å². The van der Waals surface area contributed by atoms with Gasteiger partial charge in [-0.2, -0.15) is 5.10 Å². The molecule has 112 valence electrons. The third-order valence-corrected chi connectivity index (χ3v) is 3.91. The van der Waals surface area contributed by atoms with Gasteiger partial charge in [-0.1, -0.05) is 12.8 Å². The molecule has 1 fully saturated rings. The van der Waals surface area contributed by atoms with E-state index in [1.807, 2.05) is 27.0 Å². The number of nitrogens with one attached hydrogen (secondary N) is 1. The van der Waals surface area contributed by atoms with Crippen molar-refractivity contribution in [1.29, 1.82) is 0 Å². The van der Waals surface area contributed by atoms with Crippen LogP contribution < -0.4 is 5.32 Å². The van der Waals surface area contributed by atoms with E-state index in [0.29, 0.717) is 18.8 Å². The quantitative estimate of drug-likeness (QED) is 0.870. The summed E-state index contributed by atoms with van der Waals surface area (Å²) < 4.78 is 7.67. The summed E-state index contributed by atoms with van der Waals surface area (Å²) >= 11 is 0. The first kappa shape index (κ1) is 15.0. The Morgan fingerprint density at radius 1 is 1.50 bits per heavy atom. The lowest BCUT2D eigenvalue weighted by atomic mass is 10.0. The molecule has 0 radical (unpaired) electrons. The predicted octanol–water partition coefficient (Wildman–Crippen LogP) is 2.54. The summed E-state index contributed by atoms with van der Waals surface area (Å²) in [6.07, 6.45) is 6.26. The minimum atomic E-state index is -0.162. The average Bonchev–Trinajstić information content (AvgIpc) is 3.06. The molecule has 20 heavy (non-hydrogen) atoms. The first-order chi connectivity index (χ1) is 9.56. The Morgan fingerprint density at radius 2 is 2.20 bits per heavy atom. The van der Waals surface area contributed by atoms with Crippen molar-refractivity contribution in [3.05, 3.63) is 18.0 Å². The van der Waals surface area contributed by atoms with Crippen LogP contribution in [0.15, 0.2) is 12.3 Å². The normalized spacial score (nSPS) is 17.6. The Morgan fingerprint density at radius 3 is 2.75 bits per heavy atom. The molecule has 1 aromatic heterocycles. The molecule has 1 N–H and O–H groups in total. The van der Waals surface area contributed by atoms with Gasteiger partial charge in [0.1, 0.15) is 5.69 Å². The van der Waals surface area contributed by atoms with Gasteiger partial charge in [0.25, 0.3) is 5.91 Å². The molecule has 0 unspecified atom stereocenters. The smallest absolute Gasteiger partial charge is 0.271 e. The topological polar surface area (TPSA) is 56.1 Å². The molecule has 1 heterocycles. The third-order valence-electron chi connectivity index (χ3n) is 3.91. The highest BCUT2D eigenvalue weighted by Gasteiger charge is 2.34. The van der Waals surface area contributed by atoms with E-state index in [2.05, 4.69) is 10.4 Å².